The maximum atomic E-state index is 11.9. The van der Waals surface area contributed by atoms with E-state index in [1.165, 1.54) is 6.20 Å². The van der Waals surface area contributed by atoms with Crippen LogP contribution in [-0.2, 0) is 0 Å². The first-order valence-corrected chi connectivity index (χ1v) is 5.27. The van der Waals surface area contributed by atoms with Crippen LogP contribution in [0.4, 0.5) is 0 Å². The van der Waals surface area contributed by atoms with Gasteiger partial charge in [0.15, 0.2) is 0 Å². The summed E-state index contributed by atoms with van der Waals surface area (Å²) in [5, 5.41) is 3.74. The van der Waals surface area contributed by atoms with Gasteiger partial charge in [-0.15, -0.1) is 24.8 Å². The molecule has 1 fully saturated rings. The normalized spacial score (nSPS) is 14.5. The fraction of sp³-hybridized carbons (Fsp3) is 0.400. The first-order valence-electron chi connectivity index (χ1n) is 4.89. The molecule has 0 aliphatic carbocycles. The van der Waals surface area contributed by atoms with Crippen molar-refractivity contribution in [2.75, 3.05) is 26.2 Å². The highest BCUT2D eigenvalue weighted by Gasteiger charge is 2.18. The molecule has 96 valence electrons. The van der Waals surface area contributed by atoms with Gasteiger partial charge in [-0.1, -0.05) is 11.6 Å². The fourth-order valence-corrected chi connectivity index (χ4v) is 1.64. The van der Waals surface area contributed by atoms with Crippen LogP contribution in [0.3, 0.4) is 0 Å². The highest BCUT2D eigenvalue weighted by atomic mass is 35.5. The topological polar surface area (TPSA) is 45.2 Å². The number of aromatic nitrogens is 1. The summed E-state index contributed by atoms with van der Waals surface area (Å²) in [6.07, 6.45) is 1.50. The molecule has 0 bridgehead atoms. The number of nitrogens with one attached hydrogen (secondary N) is 1. The average molecular weight is 299 g/mol. The minimum atomic E-state index is -0.0202. The van der Waals surface area contributed by atoms with E-state index < -0.39 is 0 Å². The maximum absolute atomic E-state index is 11.9. The molecule has 1 amide bonds. The van der Waals surface area contributed by atoms with E-state index in [2.05, 4.69) is 10.3 Å². The van der Waals surface area contributed by atoms with Crippen LogP contribution in [0.5, 0.6) is 0 Å². The summed E-state index contributed by atoms with van der Waals surface area (Å²) in [6, 6.07) is 3.34. The molecule has 0 unspecified atom stereocenters. The number of hydrogen-bond acceptors (Lipinski definition) is 3. The van der Waals surface area contributed by atoms with Crippen molar-refractivity contribution in [3.63, 3.8) is 0 Å². The number of hydrogen-bond donors (Lipinski definition) is 1. The molecule has 0 radical (unpaired) electrons. The Kier molecular flexibility index (Phi) is 7.46. The Morgan fingerprint density at radius 3 is 2.47 bits per heavy atom. The van der Waals surface area contributed by atoms with Gasteiger partial charge in [-0.3, -0.25) is 4.79 Å². The van der Waals surface area contributed by atoms with Crippen molar-refractivity contribution in [2.24, 2.45) is 0 Å². The molecule has 1 aliphatic heterocycles. The lowest BCUT2D eigenvalue weighted by Crippen LogP contribution is -2.46. The SMILES string of the molecule is Cl.Cl.O=C(c1ccc(Cl)cn1)N1CCNCC1. The summed E-state index contributed by atoms with van der Waals surface area (Å²) in [6.45, 7) is 3.17. The number of piperazine rings is 1. The third-order valence-electron chi connectivity index (χ3n) is 2.35. The highest BCUT2D eigenvalue weighted by Crippen LogP contribution is 2.08. The highest BCUT2D eigenvalue weighted by molar-refractivity contribution is 6.30. The minimum Gasteiger partial charge on any atom is -0.335 e. The Balaban J connectivity index is 0.00000128. The van der Waals surface area contributed by atoms with E-state index in [-0.39, 0.29) is 30.7 Å². The van der Waals surface area contributed by atoms with Gasteiger partial charge in [-0.25, -0.2) is 4.98 Å². The number of nitrogens with zero attached hydrogens (tertiary/aromatic N) is 2. The molecule has 1 aromatic rings. The van der Waals surface area contributed by atoms with E-state index in [0.717, 1.165) is 26.2 Å². The van der Waals surface area contributed by atoms with E-state index >= 15 is 0 Å². The minimum absolute atomic E-state index is 0. The van der Waals surface area contributed by atoms with Crippen LogP contribution in [-0.4, -0.2) is 42.0 Å². The first-order chi connectivity index (χ1) is 7.27. The number of amides is 1. The van der Waals surface area contributed by atoms with Gasteiger partial charge in [-0.2, -0.15) is 0 Å². The lowest BCUT2D eigenvalue weighted by atomic mass is 10.3. The smallest absolute Gasteiger partial charge is 0.272 e. The van der Waals surface area contributed by atoms with E-state index in [4.69, 9.17) is 11.6 Å². The van der Waals surface area contributed by atoms with Crippen LogP contribution in [0.25, 0.3) is 0 Å². The van der Waals surface area contributed by atoms with Gasteiger partial charge in [-0.05, 0) is 12.1 Å². The van der Waals surface area contributed by atoms with Gasteiger partial charge < -0.3 is 10.2 Å². The third kappa shape index (κ3) is 4.32. The summed E-state index contributed by atoms with van der Waals surface area (Å²) in [4.78, 5) is 17.7. The Bertz CT molecular complexity index is 352. The molecule has 7 heteroatoms. The molecule has 0 spiro atoms. The third-order valence-corrected chi connectivity index (χ3v) is 2.57. The van der Waals surface area contributed by atoms with E-state index in [0.29, 0.717) is 10.7 Å². The molecular weight excluding hydrogens is 284 g/mol. The second kappa shape index (κ2) is 7.71. The van der Waals surface area contributed by atoms with Crippen molar-refractivity contribution in [2.45, 2.75) is 0 Å². The standard InChI is InChI=1S/C10H12ClN3O.2ClH/c11-8-1-2-9(13-7-8)10(15)14-5-3-12-4-6-14;;/h1-2,7,12H,3-6H2;2*1H. The number of pyridine rings is 1. The van der Waals surface area contributed by atoms with Crippen molar-refractivity contribution in [3.05, 3.63) is 29.0 Å². The van der Waals surface area contributed by atoms with Crippen molar-refractivity contribution in [3.8, 4) is 0 Å². The Morgan fingerprint density at radius 1 is 1.29 bits per heavy atom. The molecule has 2 heterocycles. The van der Waals surface area contributed by atoms with Crippen LogP contribution in [0.1, 0.15) is 10.5 Å². The molecule has 1 saturated heterocycles. The summed E-state index contributed by atoms with van der Waals surface area (Å²) < 4.78 is 0. The predicted octanol–water partition coefficient (Wildman–Crippen LogP) is 1.62. The second-order valence-electron chi connectivity index (χ2n) is 3.40. The first kappa shape index (κ1) is 16.4. The largest absolute Gasteiger partial charge is 0.335 e. The number of halogens is 3. The molecule has 17 heavy (non-hydrogen) atoms. The van der Waals surface area contributed by atoms with Crippen molar-refractivity contribution < 1.29 is 4.79 Å². The van der Waals surface area contributed by atoms with Crippen molar-refractivity contribution in [1.29, 1.82) is 0 Å². The Labute approximate surface area is 118 Å². The Morgan fingerprint density at radius 2 is 1.94 bits per heavy atom. The predicted molar refractivity (Wildman–Crippen MR) is 72.5 cm³/mol. The van der Waals surface area contributed by atoms with E-state index in [9.17, 15) is 4.79 Å². The average Bonchev–Trinajstić information content (AvgIpc) is 2.30. The van der Waals surface area contributed by atoms with Gasteiger partial charge in [0, 0.05) is 32.4 Å². The van der Waals surface area contributed by atoms with Gasteiger partial charge in [0.25, 0.3) is 5.91 Å². The summed E-state index contributed by atoms with van der Waals surface area (Å²) in [7, 11) is 0. The molecule has 4 nitrogen and oxygen atoms in total. The molecule has 2 rings (SSSR count). The maximum Gasteiger partial charge on any atom is 0.272 e. The van der Waals surface area contributed by atoms with Gasteiger partial charge in [0.1, 0.15) is 5.69 Å². The fourth-order valence-electron chi connectivity index (χ4n) is 1.53. The number of rotatable bonds is 1. The molecule has 0 atom stereocenters. The Hall–Kier alpha value is -0.550. The van der Waals surface area contributed by atoms with E-state index in [1.807, 2.05) is 0 Å². The van der Waals surface area contributed by atoms with Gasteiger partial charge in [0.2, 0.25) is 0 Å². The van der Waals surface area contributed by atoms with Crippen LogP contribution in [0.15, 0.2) is 18.3 Å². The lowest BCUT2D eigenvalue weighted by Gasteiger charge is -2.26. The molecule has 0 aromatic carbocycles. The zero-order chi connectivity index (χ0) is 10.7. The number of carbonyl (C=O) groups excluding carboxylic acids is 1. The molecule has 1 aliphatic rings. The molecule has 1 N–H and O–H groups in total. The van der Waals surface area contributed by atoms with Gasteiger partial charge in [0.05, 0.1) is 5.02 Å². The molecule has 1 aromatic heterocycles. The zero-order valence-corrected chi connectivity index (χ0v) is 11.4. The zero-order valence-electron chi connectivity index (χ0n) is 9.06. The molecule has 0 saturated carbocycles. The number of carbonyl (C=O) groups is 1. The van der Waals surface area contributed by atoms with Gasteiger partial charge >= 0.3 is 0 Å². The van der Waals surface area contributed by atoms with Crippen LogP contribution >= 0.6 is 36.4 Å². The summed E-state index contributed by atoms with van der Waals surface area (Å²) in [5.41, 5.74) is 0.460. The monoisotopic (exact) mass is 297 g/mol. The van der Waals surface area contributed by atoms with Crippen molar-refractivity contribution in [1.82, 2.24) is 15.2 Å². The van der Waals surface area contributed by atoms with Crippen LogP contribution in [0, 0.1) is 0 Å². The lowest BCUT2D eigenvalue weighted by molar-refractivity contribution is 0.0730. The summed E-state index contributed by atoms with van der Waals surface area (Å²) >= 11 is 5.70. The van der Waals surface area contributed by atoms with Crippen LogP contribution in [0.2, 0.25) is 5.02 Å². The second-order valence-corrected chi connectivity index (χ2v) is 3.84. The summed E-state index contributed by atoms with van der Waals surface area (Å²) in [5.74, 6) is -0.0202. The van der Waals surface area contributed by atoms with Crippen LogP contribution < -0.4 is 5.32 Å². The van der Waals surface area contributed by atoms with Crippen molar-refractivity contribution >= 4 is 42.3 Å². The quantitative estimate of drug-likeness (QED) is 0.857. The van der Waals surface area contributed by atoms with E-state index in [1.54, 1.807) is 17.0 Å². The molecular formula is C10H14Cl3N3O.